The average Bonchev–Trinajstić information content (AvgIpc) is 2.81. The van der Waals surface area contributed by atoms with Crippen LogP contribution < -0.4 is 0 Å². The van der Waals surface area contributed by atoms with Crippen molar-refractivity contribution in [1.29, 1.82) is 0 Å². The van der Waals surface area contributed by atoms with Crippen molar-refractivity contribution in [3.63, 3.8) is 0 Å². The fourth-order valence-corrected chi connectivity index (χ4v) is 4.91. The van der Waals surface area contributed by atoms with E-state index in [4.69, 9.17) is 18.5 Å². The van der Waals surface area contributed by atoms with Gasteiger partial charge in [-0.3, -0.25) is 13.8 Å². The lowest BCUT2D eigenvalue weighted by molar-refractivity contribution is -0.870. The van der Waals surface area contributed by atoms with E-state index in [1.54, 1.807) is 0 Å². The first-order valence-electron chi connectivity index (χ1n) is 15.1. The molecule has 0 aromatic heterocycles. The smallest absolute Gasteiger partial charge is 0.458 e. The molecule has 0 saturated heterocycles. The Kier molecular flexibility index (Phi) is 22.9. The van der Waals surface area contributed by atoms with Crippen LogP contribution in [0, 0.1) is 5.92 Å². The number of nitrogens with zero attached hydrogens (tertiary/aromatic N) is 1. The van der Waals surface area contributed by atoms with Gasteiger partial charge in [-0.05, 0) is 12.3 Å². The number of hydrogen-bond acceptors (Lipinski definition) is 6. The normalized spacial score (nSPS) is 15.2. The van der Waals surface area contributed by atoms with Crippen molar-refractivity contribution in [3.8, 4) is 0 Å². The highest BCUT2D eigenvalue weighted by atomic mass is 31.2. The highest BCUT2D eigenvalue weighted by Crippen LogP contribution is 2.43. The van der Waals surface area contributed by atoms with Gasteiger partial charge in [0, 0.05) is 13.5 Å². The molecule has 1 N–H and O–H groups in total. The molecule has 9 heteroatoms. The minimum atomic E-state index is -4.22. The summed E-state index contributed by atoms with van der Waals surface area (Å²) in [6.07, 6.45) is 19.3. The summed E-state index contributed by atoms with van der Waals surface area (Å²) in [6.45, 7) is 6.76. The maximum atomic E-state index is 12.1. The van der Waals surface area contributed by atoms with E-state index in [9.17, 15) is 14.3 Å². The Morgan fingerprint density at radius 2 is 1.29 bits per heavy atom. The van der Waals surface area contributed by atoms with Crippen molar-refractivity contribution < 1.29 is 37.3 Å². The molecule has 3 atom stereocenters. The van der Waals surface area contributed by atoms with E-state index >= 15 is 0 Å². The Morgan fingerprint density at radius 1 is 0.789 bits per heavy atom. The maximum Gasteiger partial charge on any atom is 0.472 e. The van der Waals surface area contributed by atoms with Crippen LogP contribution in [0.5, 0.6) is 0 Å². The van der Waals surface area contributed by atoms with Gasteiger partial charge in [0.25, 0.3) is 0 Å². The third-order valence-corrected chi connectivity index (χ3v) is 7.51. The number of quaternary nitrogens is 1. The fourth-order valence-electron chi connectivity index (χ4n) is 4.17. The lowest BCUT2D eigenvalue weighted by Gasteiger charge is -2.24. The van der Waals surface area contributed by atoms with Gasteiger partial charge in [-0.25, -0.2) is 4.57 Å². The van der Waals surface area contributed by atoms with E-state index in [0.29, 0.717) is 23.6 Å². The SMILES string of the molecule is CCCCCCCCCCCCCCCCC(C)COCC(COP(=O)(O)OCC[N+](C)(C)C)OC(C)=O. The van der Waals surface area contributed by atoms with Crippen LogP contribution >= 0.6 is 7.82 Å². The van der Waals surface area contributed by atoms with Gasteiger partial charge in [-0.2, -0.15) is 0 Å². The number of likely N-dealkylation sites (N-methyl/N-ethyl adjacent to an activating group) is 1. The summed E-state index contributed by atoms with van der Waals surface area (Å²) >= 11 is 0. The molecule has 3 unspecified atom stereocenters. The largest absolute Gasteiger partial charge is 0.472 e. The first-order valence-corrected chi connectivity index (χ1v) is 16.6. The quantitative estimate of drug-likeness (QED) is 0.0483. The van der Waals surface area contributed by atoms with Crippen LogP contribution in [-0.2, 0) is 27.9 Å². The molecule has 0 radical (unpaired) electrons. The van der Waals surface area contributed by atoms with Gasteiger partial charge in [0.05, 0.1) is 34.4 Å². The van der Waals surface area contributed by atoms with Crippen LogP contribution in [0.3, 0.4) is 0 Å². The highest BCUT2D eigenvalue weighted by molar-refractivity contribution is 7.47. The molecule has 0 aliphatic carbocycles. The van der Waals surface area contributed by atoms with Crippen molar-refractivity contribution in [2.24, 2.45) is 5.92 Å². The summed E-state index contributed by atoms with van der Waals surface area (Å²) in [5, 5.41) is 0. The zero-order chi connectivity index (χ0) is 28.7. The summed E-state index contributed by atoms with van der Waals surface area (Å²) in [5.41, 5.74) is 0. The fraction of sp³-hybridized carbons (Fsp3) is 0.966. The molecular weight excluding hydrogens is 505 g/mol. The van der Waals surface area contributed by atoms with E-state index in [0.717, 1.165) is 6.42 Å². The van der Waals surface area contributed by atoms with Gasteiger partial charge in [-0.1, -0.05) is 104 Å². The number of unbranched alkanes of at least 4 members (excludes halogenated alkanes) is 13. The summed E-state index contributed by atoms with van der Waals surface area (Å²) in [4.78, 5) is 21.3. The summed E-state index contributed by atoms with van der Waals surface area (Å²) in [5.74, 6) is -0.0922. The molecule has 0 aliphatic rings. The van der Waals surface area contributed by atoms with Gasteiger partial charge in [0.15, 0.2) is 0 Å². The molecule has 0 rings (SSSR count). The van der Waals surface area contributed by atoms with Gasteiger partial charge in [-0.15, -0.1) is 0 Å². The van der Waals surface area contributed by atoms with Crippen LogP contribution in [0.25, 0.3) is 0 Å². The van der Waals surface area contributed by atoms with Crippen LogP contribution in [0.4, 0.5) is 0 Å². The molecular formula is C29H61NO7P+. The van der Waals surface area contributed by atoms with Crippen molar-refractivity contribution >= 4 is 13.8 Å². The third-order valence-electron chi connectivity index (χ3n) is 6.53. The molecule has 38 heavy (non-hydrogen) atoms. The summed E-state index contributed by atoms with van der Waals surface area (Å²) in [6, 6.07) is 0. The monoisotopic (exact) mass is 566 g/mol. The zero-order valence-electron chi connectivity index (χ0n) is 25.6. The number of phosphoric acid groups is 1. The molecule has 0 amide bonds. The summed E-state index contributed by atoms with van der Waals surface area (Å²) < 4.78 is 33.7. The number of esters is 1. The molecule has 0 aromatic carbocycles. The number of carbonyl (C=O) groups excluding carboxylic acids is 1. The van der Waals surface area contributed by atoms with Crippen molar-refractivity contribution in [2.75, 3.05) is 54.1 Å². The Balaban J connectivity index is 3.86. The minimum Gasteiger partial charge on any atom is -0.458 e. The Hall–Kier alpha value is -0.500. The number of phosphoric ester groups is 1. The van der Waals surface area contributed by atoms with E-state index < -0.39 is 19.9 Å². The van der Waals surface area contributed by atoms with E-state index in [1.807, 2.05) is 21.1 Å². The van der Waals surface area contributed by atoms with Crippen LogP contribution in [-0.4, -0.2) is 75.6 Å². The number of ether oxygens (including phenoxy) is 2. The van der Waals surface area contributed by atoms with E-state index in [1.165, 1.54) is 96.8 Å². The van der Waals surface area contributed by atoms with Crippen LogP contribution in [0.2, 0.25) is 0 Å². The molecule has 0 heterocycles. The lowest BCUT2D eigenvalue weighted by atomic mass is 10.0. The second kappa shape index (κ2) is 23.2. The van der Waals surface area contributed by atoms with Crippen molar-refractivity contribution in [1.82, 2.24) is 0 Å². The van der Waals surface area contributed by atoms with Crippen molar-refractivity contribution in [3.05, 3.63) is 0 Å². The third kappa shape index (κ3) is 27.1. The molecule has 0 aromatic rings. The van der Waals surface area contributed by atoms with Crippen molar-refractivity contribution in [2.45, 2.75) is 123 Å². The van der Waals surface area contributed by atoms with Gasteiger partial charge in [0.2, 0.25) is 0 Å². The lowest BCUT2D eigenvalue weighted by Crippen LogP contribution is -2.37. The molecule has 0 saturated carbocycles. The predicted octanol–water partition coefficient (Wildman–Crippen LogP) is 7.28. The topological polar surface area (TPSA) is 91.3 Å². The molecule has 0 aliphatic heterocycles. The number of hydrogen-bond donors (Lipinski definition) is 1. The van der Waals surface area contributed by atoms with E-state index in [2.05, 4.69) is 13.8 Å². The number of carbonyl (C=O) groups is 1. The van der Waals surface area contributed by atoms with Crippen LogP contribution in [0.15, 0.2) is 0 Å². The molecule has 0 fully saturated rings. The average molecular weight is 567 g/mol. The van der Waals surface area contributed by atoms with Crippen LogP contribution in [0.1, 0.15) is 117 Å². The molecule has 0 bridgehead atoms. The minimum absolute atomic E-state index is 0.0861. The Bertz CT molecular complexity index is 612. The standard InChI is InChI=1S/C29H60NO7P/c1-7-8-9-10-11-12-13-14-15-16-17-18-19-20-21-27(2)24-34-25-29(37-28(3)31)26-36-38(32,33)35-23-22-30(4,5)6/h27,29H,7-26H2,1-6H3/p+1. The predicted molar refractivity (Wildman–Crippen MR) is 155 cm³/mol. The Morgan fingerprint density at radius 3 is 1.76 bits per heavy atom. The second-order valence-electron chi connectivity index (χ2n) is 11.9. The summed E-state index contributed by atoms with van der Waals surface area (Å²) in [7, 11) is 1.65. The maximum absolute atomic E-state index is 12.1. The zero-order valence-corrected chi connectivity index (χ0v) is 26.5. The highest BCUT2D eigenvalue weighted by Gasteiger charge is 2.26. The Labute approximate surface area is 234 Å². The second-order valence-corrected chi connectivity index (χ2v) is 13.3. The van der Waals surface area contributed by atoms with Gasteiger partial charge in [0.1, 0.15) is 19.3 Å². The number of rotatable bonds is 27. The van der Waals surface area contributed by atoms with Gasteiger partial charge >= 0.3 is 13.8 Å². The molecule has 228 valence electrons. The first-order chi connectivity index (χ1) is 17.9. The molecule has 8 nitrogen and oxygen atoms in total. The van der Waals surface area contributed by atoms with Gasteiger partial charge < -0.3 is 18.9 Å². The molecule has 0 spiro atoms. The van der Waals surface area contributed by atoms with E-state index in [-0.39, 0.29) is 19.8 Å². The first kappa shape index (κ1) is 37.5.